The smallest absolute Gasteiger partial charge is 0.265 e. The van der Waals surface area contributed by atoms with E-state index in [0.29, 0.717) is 17.0 Å². The molecule has 1 amide bonds. The van der Waals surface area contributed by atoms with Gasteiger partial charge in [-0.15, -0.1) is 0 Å². The Bertz CT molecular complexity index is 1210. The number of ether oxygens (including phenoxy) is 1. The van der Waals surface area contributed by atoms with Crippen molar-refractivity contribution in [3.8, 4) is 5.75 Å². The van der Waals surface area contributed by atoms with Crippen LogP contribution in [0.5, 0.6) is 5.75 Å². The number of benzene rings is 3. The van der Waals surface area contributed by atoms with Crippen LogP contribution >= 0.6 is 0 Å². The molecule has 0 fully saturated rings. The zero-order valence-corrected chi connectivity index (χ0v) is 20.9. The summed E-state index contributed by atoms with van der Waals surface area (Å²) in [6, 6.07) is 21.9. The van der Waals surface area contributed by atoms with Crippen LogP contribution in [0.15, 0.2) is 77.7 Å². The third kappa shape index (κ3) is 6.38. The van der Waals surface area contributed by atoms with E-state index in [2.05, 4.69) is 17.4 Å². The number of hydrogen-bond acceptors (Lipinski definition) is 4. The van der Waals surface area contributed by atoms with Crippen molar-refractivity contribution in [3.05, 3.63) is 89.5 Å². The first kappa shape index (κ1) is 25.3. The summed E-state index contributed by atoms with van der Waals surface area (Å²) < 4.78 is 33.8. The Labute approximate surface area is 202 Å². The van der Waals surface area contributed by atoms with E-state index in [0.717, 1.165) is 22.7 Å². The van der Waals surface area contributed by atoms with Gasteiger partial charge < -0.3 is 10.1 Å². The monoisotopic (exact) mass is 480 g/mol. The number of carbonyl (C=O) groups is 1. The zero-order valence-electron chi connectivity index (χ0n) is 20.1. The molecule has 1 atom stereocenters. The summed E-state index contributed by atoms with van der Waals surface area (Å²) in [4.78, 5) is 13.1. The van der Waals surface area contributed by atoms with Gasteiger partial charge in [-0.2, -0.15) is 0 Å². The lowest BCUT2D eigenvalue weighted by molar-refractivity contribution is -0.120. The van der Waals surface area contributed by atoms with Gasteiger partial charge in [0.1, 0.15) is 12.3 Å². The SMILES string of the molecule is COc1ccc(N(CC(=O)NC(C)CCc2ccccc2)S(=O)(=O)c2cc(C)ccc2C)cc1. The van der Waals surface area contributed by atoms with E-state index in [-0.39, 0.29) is 23.4 Å². The van der Waals surface area contributed by atoms with Crippen LogP contribution in [-0.2, 0) is 21.2 Å². The quantitative estimate of drug-likeness (QED) is 0.459. The summed E-state index contributed by atoms with van der Waals surface area (Å²) >= 11 is 0. The van der Waals surface area contributed by atoms with E-state index in [1.165, 1.54) is 5.56 Å². The third-order valence-electron chi connectivity index (χ3n) is 5.68. The Balaban J connectivity index is 1.82. The van der Waals surface area contributed by atoms with Crippen molar-refractivity contribution in [1.82, 2.24) is 5.32 Å². The Hall–Kier alpha value is -3.32. The topological polar surface area (TPSA) is 75.7 Å². The molecular weight excluding hydrogens is 448 g/mol. The number of nitrogens with zero attached hydrogens (tertiary/aromatic N) is 1. The first-order valence-corrected chi connectivity index (χ1v) is 12.7. The predicted molar refractivity (Wildman–Crippen MR) is 136 cm³/mol. The number of aryl methyl sites for hydroxylation is 3. The lowest BCUT2D eigenvalue weighted by Gasteiger charge is -2.26. The Morgan fingerprint density at radius 3 is 2.32 bits per heavy atom. The van der Waals surface area contributed by atoms with Crippen LogP contribution < -0.4 is 14.4 Å². The number of methoxy groups -OCH3 is 1. The minimum atomic E-state index is -3.98. The molecule has 0 heterocycles. The molecular formula is C27H32N2O4S. The van der Waals surface area contributed by atoms with Crippen LogP contribution in [0.1, 0.15) is 30.0 Å². The second-order valence-corrected chi connectivity index (χ2v) is 10.3. The number of rotatable bonds is 10. The number of amides is 1. The molecule has 180 valence electrons. The number of carbonyl (C=O) groups excluding carboxylic acids is 1. The lowest BCUT2D eigenvalue weighted by atomic mass is 10.1. The average molecular weight is 481 g/mol. The highest BCUT2D eigenvalue weighted by Gasteiger charge is 2.29. The first-order valence-electron chi connectivity index (χ1n) is 11.3. The fourth-order valence-corrected chi connectivity index (χ4v) is 5.45. The van der Waals surface area contributed by atoms with Crippen molar-refractivity contribution in [2.24, 2.45) is 0 Å². The van der Waals surface area contributed by atoms with Crippen LogP contribution in [0.25, 0.3) is 0 Å². The second-order valence-electron chi connectivity index (χ2n) is 8.47. The van der Waals surface area contributed by atoms with Gasteiger partial charge in [-0.3, -0.25) is 9.10 Å². The maximum Gasteiger partial charge on any atom is 0.265 e. The maximum absolute atomic E-state index is 13.7. The van der Waals surface area contributed by atoms with Crippen LogP contribution in [0.3, 0.4) is 0 Å². The molecule has 3 rings (SSSR count). The van der Waals surface area contributed by atoms with Gasteiger partial charge in [0.15, 0.2) is 0 Å². The molecule has 7 heteroatoms. The van der Waals surface area contributed by atoms with Gasteiger partial charge in [0.2, 0.25) is 5.91 Å². The number of nitrogens with one attached hydrogen (secondary N) is 1. The molecule has 3 aromatic carbocycles. The molecule has 0 radical (unpaired) electrons. The number of sulfonamides is 1. The zero-order chi connectivity index (χ0) is 24.7. The molecule has 0 aliphatic rings. The summed E-state index contributed by atoms with van der Waals surface area (Å²) in [6.45, 7) is 5.21. The Morgan fingerprint density at radius 1 is 1.00 bits per heavy atom. The molecule has 0 aliphatic heterocycles. The molecule has 0 saturated carbocycles. The fourth-order valence-electron chi connectivity index (χ4n) is 3.72. The van der Waals surface area contributed by atoms with E-state index in [1.807, 2.05) is 38.1 Å². The van der Waals surface area contributed by atoms with Crippen molar-refractivity contribution in [3.63, 3.8) is 0 Å². The largest absolute Gasteiger partial charge is 0.497 e. The molecule has 34 heavy (non-hydrogen) atoms. The first-order chi connectivity index (χ1) is 16.2. The van der Waals surface area contributed by atoms with Crippen molar-refractivity contribution >= 4 is 21.6 Å². The summed E-state index contributed by atoms with van der Waals surface area (Å²) in [5, 5.41) is 2.95. The number of hydrogen-bond donors (Lipinski definition) is 1. The van der Waals surface area contributed by atoms with Gasteiger partial charge in [-0.05, 0) is 80.6 Å². The average Bonchev–Trinajstić information content (AvgIpc) is 2.83. The molecule has 1 unspecified atom stereocenters. The normalized spacial score (nSPS) is 12.1. The molecule has 0 saturated heterocycles. The summed E-state index contributed by atoms with van der Waals surface area (Å²) in [7, 11) is -2.44. The molecule has 1 N–H and O–H groups in total. The van der Waals surface area contributed by atoms with Gasteiger partial charge in [-0.1, -0.05) is 42.5 Å². The minimum absolute atomic E-state index is 0.103. The van der Waals surface area contributed by atoms with Gasteiger partial charge in [0, 0.05) is 6.04 Å². The van der Waals surface area contributed by atoms with Crippen LogP contribution in [-0.4, -0.2) is 34.0 Å². The molecule has 0 aliphatic carbocycles. The highest BCUT2D eigenvalue weighted by Crippen LogP contribution is 2.28. The van der Waals surface area contributed by atoms with Crippen molar-refractivity contribution in [1.29, 1.82) is 0 Å². The highest BCUT2D eigenvalue weighted by atomic mass is 32.2. The van der Waals surface area contributed by atoms with E-state index >= 15 is 0 Å². The second kappa shape index (κ2) is 11.2. The van der Waals surface area contributed by atoms with Gasteiger partial charge >= 0.3 is 0 Å². The summed E-state index contributed by atoms with van der Waals surface area (Å²) in [5.41, 5.74) is 3.05. The number of anilines is 1. The van der Waals surface area contributed by atoms with Crippen molar-refractivity contribution in [2.75, 3.05) is 18.0 Å². The van der Waals surface area contributed by atoms with E-state index in [4.69, 9.17) is 4.74 Å². The van der Waals surface area contributed by atoms with E-state index in [9.17, 15) is 13.2 Å². The molecule has 0 spiro atoms. The van der Waals surface area contributed by atoms with Crippen molar-refractivity contribution in [2.45, 2.75) is 44.6 Å². The van der Waals surface area contributed by atoms with Crippen LogP contribution in [0.4, 0.5) is 5.69 Å². The minimum Gasteiger partial charge on any atom is -0.497 e. The third-order valence-corrected chi connectivity index (χ3v) is 7.59. The van der Waals surface area contributed by atoms with E-state index < -0.39 is 10.0 Å². The standard InChI is InChI=1S/C27H32N2O4S/c1-20-10-11-21(2)26(18-20)34(31,32)29(24-14-16-25(33-4)17-15-24)19-27(30)28-22(3)12-13-23-8-6-5-7-9-23/h5-11,14-18,22H,12-13,19H2,1-4H3,(H,28,30). The summed E-state index contributed by atoms with van der Waals surface area (Å²) in [6.07, 6.45) is 1.58. The van der Waals surface area contributed by atoms with Gasteiger partial charge in [-0.25, -0.2) is 8.42 Å². The van der Waals surface area contributed by atoms with Crippen molar-refractivity contribution < 1.29 is 17.9 Å². The van der Waals surface area contributed by atoms with Gasteiger partial charge in [0.25, 0.3) is 10.0 Å². The highest BCUT2D eigenvalue weighted by molar-refractivity contribution is 7.93. The molecule has 0 bridgehead atoms. The lowest BCUT2D eigenvalue weighted by Crippen LogP contribution is -2.43. The van der Waals surface area contributed by atoms with Crippen LogP contribution in [0, 0.1) is 13.8 Å². The van der Waals surface area contributed by atoms with Crippen LogP contribution in [0.2, 0.25) is 0 Å². The molecule has 0 aromatic heterocycles. The Morgan fingerprint density at radius 2 is 1.68 bits per heavy atom. The molecule has 3 aromatic rings. The van der Waals surface area contributed by atoms with Gasteiger partial charge in [0.05, 0.1) is 17.7 Å². The summed E-state index contributed by atoms with van der Waals surface area (Å²) in [5.74, 6) is 0.247. The predicted octanol–water partition coefficient (Wildman–Crippen LogP) is 4.64. The van der Waals surface area contributed by atoms with E-state index in [1.54, 1.807) is 50.4 Å². The maximum atomic E-state index is 13.7. The Kier molecular flexibility index (Phi) is 8.34. The molecule has 6 nitrogen and oxygen atoms in total. The fraction of sp³-hybridized carbons (Fsp3) is 0.296.